The Balaban J connectivity index is 1.64. The Morgan fingerprint density at radius 3 is 2.49 bits per heavy atom. The molecule has 1 aliphatic heterocycles. The summed E-state index contributed by atoms with van der Waals surface area (Å²) in [6.07, 6.45) is 0. The number of nitrogens with zero attached hydrogens (tertiary/aromatic N) is 3. The number of halogens is 2. The van der Waals surface area contributed by atoms with Gasteiger partial charge in [-0.05, 0) is 49.7 Å². The number of urea groups is 1. The van der Waals surface area contributed by atoms with Crippen LogP contribution in [0.4, 0.5) is 24.4 Å². The van der Waals surface area contributed by atoms with Gasteiger partial charge in [0.2, 0.25) is 0 Å². The van der Waals surface area contributed by atoms with Crippen molar-refractivity contribution in [2.45, 2.75) is 26.0 Å². The summed E-state index contributed by atoms with van der Waals surface area (Å²) in [6.45, 7) is 4.41. The van der Waals surface area contributed by atoms with Crippen LogP contribution in [0.1, 0.15) is 35.5 Å². The lowest BCUT2D eigenvalue weighted by Crippen LogP contribution is -2.29. The molecule has 0 unspecified atom stereocenters. The van der Waals surface area contributed by atoms with Crippen molar-refractivity contribution < 1.29 is 23.5 Å². The molecular formula is C24H25F2N5O3S. The lowest BCUT2D eigenvalue weighted by molar-refractivity contribution is 0.0778. The number of likely N-dealkylation sites (N-methyl/N-ethyl adjacent to an activating group) is 1. The Morgan fingerprint density at radius 2 is 1.91 bits per heavy atom. The number of carbonyl (C=O) groups is 2. The lowest BCUT2D eigenvalue weighted by atomic mass is 9.96. The standard InChI is InChI=1S/C24H25F2N5O3S/c1-24(2,34)13-9-16(25)20(17(26)10-13)18-11-15(21(27)32)22(35-18)29-19-6-4-5-14(28-19)12-31-8-7-30(3)23(31)33/h4-6,9-11,34H,7-8,12H2,1-3H3,(H2,27,32)(H,28,29). The molecule has 0 atom stereocenters. The first-order valence-electron chi connectivity index (χ1n) is 10.8. The van der Waals surface area contributed by atoms with Gasteiger partial charge in [0.1, 0.15) is 22.5 Å². The second-order valence-corrected chi connectivity index (χ2v) is 9.91. The Bertz CT molecular complexity index is 1280. The van der Waals surface area contributed by atoms with E-state index in [0.717, 1.165) is 23.5 Å². The molecule has 1 fully saturated rings. The first-order chi connectivity index (χ1) is 16.4. The zero-order valence-electron chi connectivity index (χ0n) is 19.4. The Labute approximate surface area is 205 Å². The van der Waals surface area contributed by atoms with Crippen LogP contribution in [-0.2, 0) is 12.1 Å². The van der Waals surface area contributed by atoms with Gasteiger partial charge in [0.15, 0.2) is 0 Å². The van der Waals surface area contributed by atoms with Gasteiger partial charge < -0.3 is 26.0 Å². The number of nitrogens with two attached hydrogens (primary N) is 1. The third-order valence-electron chi connectivity index (χ3n) is 5.70. The summed E-state index contributed by atoms with van der Waals surface area (Å²) < 4.78 is 29.7. The predicted octanol–water partition coefficient (Wildman–Crippen LogP) is 4.03. The fourth-order valence-electron chi connectivity index (χ4n) is 3.75. The first kappa shape index (κ1) is 24.6. The Hall–Kier alpha value is -3.57. The van der Waals surface area contributed by atoms with E-state index >= 15 is 0 Å². The molecule has 0 spiro atoms. The molecule has 3 amide bonds. The number of primary amides is 1. The van der Waals surface area contributed by atoms with Crippen LogP contribution in [0.2, 0.25) is 0 Å². The van der Waals surface area contributed by atoms with E-state index in [4.69, 9.17) is 5.73 Å². The zero-order chi connectivity index (χ0) is 25.5. The van der Waals surface area contributed by atoms with Crippen molar-refractivity contribution in [2.75, 3.05) is 25.5 Å². The van der Waals surface area contributed by atoms with E-state index < -0.39 is 23.1 Å². The van der Waals surface area contributed by atoms with E-state index in [1.54, 1.807) is 35.0 Å². The number of benzene rings is 1. The largest absolute Gasteiger partial charge is 0.386 e. The van der Waals surface area contributed by atoms with E-state index in [1.807, 2.05) is 0 Å². The van der Waals surface area contributed by atoms with Crippen LogP contribution in [0.5, 0.6) is 0 Å². The summed E-state index contributed by atoms with van der Waals surface area (Å²) in [6, 6.07) is 8.58. The zero-order valence-corrected chi connectivity index (χ0v) is 20.2. The number of hydrogen-bond acceptors (Lipinski definition) is 6. The predicted molar refractivity (Wildman–Crippen MR) is 129 cm³/mol. The highest BCUT2D eigenvalue weighted by Crippen LogP contribution is 2.40. The summed E-state index contributed by atoms with van der Waals surface area (Å²) >= 11 is 0.951. The van der Waals surface area contributed by atoms with E-state index in [-0.39, 0.29) is 32.6 Å². The molecule has 11 heteroatoms. The molecule has 184 valence electrons. The van der Waals surface area contributed by atoms with Crippen molar-refractivity contribution in [1.82, 2.24) is 14.8 Å². The number of anilines is 2. The number of nitrogens with one attached hydrogen (secondary N) is 1. The van der Waals surface area contributed by atoms with Crippen molar-refractivity contribution in [2.24, 2.45) is 5.73 Å². The fraction of sp³-hybridized carbons (Fsp3) is 0.292. The topological polar surface area (TPSA) is 112 Å². The molecule has 3 aromatic rings. The summed E-state index contributed by atoms with van der Waals surface area (Å²) in [7, 11) is 1.73. The molecule has 35 heavy (non-hydrogen) atoms. The minimum absolute atomic E-state index is 0.0545. The number of carbonyl (C=O) groups excluding carboxylic acids is 2. The summed E-state index contributed by atoms with van der Waals surface area (Å²) in [5.74, 6) is -2.12. The number of aromatic nitrogens is 1. The number of pyridine rings is 1. The Morgan fingerprint density at radius 1 is 1.23 bits per heavy atom. The van der Waals surface area contributed by atoms with Gasteiger partial charge in [0.05, 0.1) is 29.0 Å². The van der Waals surface area contributed by atoms with Crippen molar-refractivity contribution in [3.05, 3.63) is 64.9 Å². The average Bonchev–Trinajstić information content (AvgIpc) is 3.31. The maximum absolute atomic E-state index is 14.9. The number of amides is 3. The molecule has 3 heterocycles. The maximum atomic E-state index is 14.9. The van der Waals surface area contributed by atoms with Crippen molar-refractivity contribution in [1.29, 1.82) is 0 Å². The molecule has 1 aliphatic rings. The van der Waals surface area contributed by atoms with Gasteiger partial charge in [-0.3, -0.25) is 4.79 Å². The fourth-order valence-corrected chi connectivity index (χ4v) is 4.87. The second kappa shape index (κ2) is 9.23. The third kappa shape index (κ3) is 5.10. The van der Waals surface area contributed by atoms with E-state index in [9.17, 15) is 23.5 Å². The normalized spacial score (nSPS) is 14.1. The van der Waals surface area contributed by atoms with Crippen LogP contribution in [-0.4, -0.2) is 52.0 Å². The summed E-state index contributed by atoms with van der Waals surface area (Å²) in [5, 5.41) is 13.4. The molecule has 8 nitrogen and oxygen atoms in total. The third-order valence-corrected chi connectivity index (χ3v) is 6.76. The smallest absolute Gasteiger partial charge is 0.320 e. The van der Waals surface area contributed by atoms with Crippen LogP contribution in [0.3, 0.4) is 0 Å². The van der Waals surface area contributed by atoms with Gasteiger partial charge in [-0.15, -0.1) is 11.3 Å². The van der Waals surface area contributed by atoms with Crippen LogP contribution in [0.15, 0.2) is 36.4 Å². The van der Waals surface area contributed by atoms with Gasteiger partial charge in [0, 0.05) is 25.0 Å². The molecule has 0 saturated carbocycles. The molecule has 0 bridgehead atoms. The van der Waals surface area contributed by atoms with Gasteiger partial charge in [-0.2, -0.15) is 0 Å². The van der Waals surface area contributed by atoms with E-state index in [0.29, 0.717) is 31.1 Å². The van der Waals surface area contributed by atoms with Crippen LogP contribution in [0.25, 0.3) is 10.4 Å². The number of rotatable bonds is 7. The van der Waals surface area contributed by atoms with Gasteiger partial charge in [-0.25, -0.2) is 18.6 Å². The van der Waals surface area contributed by atoms with Crippen LogP contribution in [0, 0.1) is 11.6 Å². The highest BCUT2D eigenvalue weighted by atomic mass is 32.1. The number of thiophene rings is 1. The van der Waals surface area contributed by atoms with Gasteiger partial charge in [0.25, 0.3) is 5.91 Å². The van der Waals surface area contributed by atoms with Crippen molar-refractivity contribution >= 4 is 34.1 Å². The monoisotopic (exact) mass is 501 g/mol. The lowest BCUT2D eigenvalue weighted by Gasteiger charge is -2.18. The average molecular weight is 502 g/mol. The van der Waals surface area contributed by atoms with Gasteiger partial charge in [-0.1, -0.05) is 6.07 Å². The first-order valence-corrected chi connectivity index (χ1v) is 11.6. The van der Waals surface area contributed by atoms with Crippen LogP contribution >= 0.6 is 11.3 Å². The molecule has 0 aliphatic carbocycles. The van der Waals surface area contributed by atoms with Crippen LogP contribution < -0.4 is 11.1 Å². The SMILES string of the molecule is CN1CCN(Cc2cccc(Nc3sc(-c4c(F)cc(C(C)(C)O)cc4F)cc3C(N)=O)n2)C1=O. The molecule has 2 aromatic heterocycles. The molecule has 4 rings (SSSR count). The highest BCUT2D eigenvalue weighted by Gasteiger charge is 2.26. The number of aliphatic hydroxyl groups is 1. The van der Waals surface area contributed by atoms with E-state index in [2.05, 4.69) is 10.3 Å². The summed E-state index contributed by atoms with van der Waals surface area (Å²) in [5.41, 5.74) is 4.55. The summed E-state index contributed by atoms with van der Waals surface area (Å²) in [4.78, 5) is 32.2. The molecular weight excluding hydrogens is 476 g/mol. The minimum Gasteiger partial charge on any atom is -0.386 e. The van der Waals surface area contributed by atoms with Crippen molar-refractivity contribution in [3.8, 4) is 10.4 Å². The quantitative estimate of drug-likeness (QED) is 0.453. The number of hydrogen-bond donors (Lipinski definition) is 3. The second-order valence-electron chi connectivity index (χ2n) is 8.86. The molecule has 0 radical (unpaired) electrons. The highest BCUT2D eigenvalue weighted by molar-refractivity contribution is 7.20. The van der Waals surface area contributed by atoms with Crippen molar-refractivity contribution in [3.63, 3.8) is 0 Å². The van der Waals surface area contributed by atoms with E-state index in [1.165, 1.54) is 19.9 Å². The molecule has 1 saturated heterocycles. The maximum Gasteiger partial charge on any atom is 0.320 e. The molecule has 4 N–H and O–H groups in total. The minimum atomic E-state index is -1.42. The molecule has 1 aromatic carbocycles. The Kier molecular flexibility index (Phi) is 6.48. The van der Waals surface area contributed by atoms with Gasteiger partial charge >= 0.3 is 6.03 Å².